The van der Waals surface area contributed by atoms with Gasteiger partial charge < -0.3 is 13.8 Å². The molecule has 0 spiro atoms. The molecule has 3 aromatic heterocycles. The Hall–Kier alpha value is -3.53. The average molecular weight is 355 g/mol. The monoisotopic (exact) mass is 355 g/mol. The van der Waals surface area contributed by atoms with E-state index in [0.29, 0.717) is 0 Å². The fourth-order valence-corrected chi connectivity index (χ4v) is 3.56. The van der Waals surface area contributed by atoms with Gasteiger partial charge in [0.1, 0.15) is 0 Å². The van der Waals surface area contributed by atoms with Crippen LogP contribution in [0.2, 0.25) is 0 Å². The van der Waals surface area contributed by atoms with Crippen LogP contribution in [0.1, 0.15) is 22.6 Å². The van der Waals surface area contributed by atoms with E-state index in [9.17, 15) is 0 Å². The molecule has 0 aliphatic carbocycles. The van der Waals surface area contributed by atoms with Crippen LogP contribution in [-0.4, -0.2) is 35.6 Å². The fourth-order valence-electron chi connectivity index (χ4n) is 3.56. The van der Waals surface area contributed by atoms with Gasteiger partial charge in [-0.15, -0.1) is 11.9 Å². The van der Waals surface area contributed by atoms with E-state index >= 15 is 0 Å². The highest BCUT2D eigenvalue weighted by Gasteiger charge is 2.37. The number of nitrogens with zero attached hydrogens (tertiary/aromatic N) is 6. The van der Waals surface area contributed by atoms with Crippen LogP contribution in [0.3, 0.4) is 0 Å². The molecule has 3 heterocycles. The maximum absolute atomic E-state index is 5.55. The quantitative estimate of drug-likeness (QED) is 0.416. The van der Waals surface area contributed by atoms with E-state index in [0.717, 1.165) is 28.1 Å². The Bertz CT molecular complexity index is 1030. The first-order valence-electron chi connectivity index (χ1n) is 8.83. The Morgan fingerprint density at radius 1 is 0.704 bits per heavy atom. The number of rotatable bonds is 4. The van der Waals surface area contributed by atoms with Crippen molar-refractivity contribution < 1.29 is 0 Å². The van der Waals surface area contributed by atoms with E-state index in [1.807, 2.05) is 95.6 Å². The Morgan fingerprint density at radius 3 is 1.41 bits per heavy atom. The summed E-state index contributed by atoms with van der Waals surface area (Å²) in [5.41, 5.74) is 4.61. The Morgan fingerprint density at radius 2 is 1.11 bits per heavy atom. The van der Waals surface area contributed by atoms with Crippen LogP contribution < -0.4 is 5.46 Å². The van der Waals surface area contributed by atoms with Gasteiger partial charge >= 0.3 is 6.55 Å². The number of aromatic nitrogens is 6. The molecule has 0 aliphatic heterocycles. The van der Waals surface area contributed by atoms with Crippen molar-refractivity contribution in [2.45, 2.75) is 20.8 Å². The average Bonchev–Trinajstić information content (AvgIpc) is 3.40. The molecule has 0 fully saturated rings. The minimum absolute atomic E-state index is 0.827. The summed E-state index contributed by atoms with van der Waals surface area (Å²) in [6, 6.07) is 13.9. The van der Waals surface area contributed by atoms with Gasteiger partial charge in [0.15, 0.2) is 0 Å². The minimum atomic E-state index is -1.83. The van der Waals surface area contributed by atoms with Gasteiger partial charge in [-0.3, -0.25) is 0 Å². The fraction of sp³-hybridized carbons (Fsp3) is 0.150. The van der Waals surface area contributed by atoms with Crippen LogP contribution in [0, 0.1) is 33.1 Å². The van der Waals surface area contributed by atoms with Crippen molar-refractivity contribution >= 4 is 12.0 Å². The molecule has 0 N–H and O–H groups in total. The molecule has 0 radical (unpaired) electrons. The molecule has 4 rings (SSSR count). The van der Waals surface area contributed by atoms with Gasteiger partial charge in [-0.05, 0) is 69.7 Å². The largest absolute Gasteiger partial charge is 0.396 e. The van der Waals surface area contributed by atoms with Crippen molar-refractivity contribution in [3.05, 3.63) is 83.7 Å². The molecule has 0 saturated carbocycles. The number of terminal acetylenes is 1. The second-order valence-corrected chi connectivity index (χ2v) is 6.81. The Balaban J connectivity index is 2.09. The summed E-state index contributed by atoms with van der Waals surface area (Å²) in [5, 5.41) is 14.3. The third kappa shape index (κ3) is 2.66. The van der Waals surface area contributed by atoms with E-state index in [1.165, 1.54) is 0 Å². The third-order valence-corrected chi connectivity index (χ3v) is 4.86. The molecule has 4 aromatic rings. The first kappa shape index (κ1) is 16.9. The maximum atomic E-state index is 5.55. The van der Waals surface area contributed by atoms with Crippen molar-refractivity contribution in [1.82, 2.24) is 29.1 Å². The number of aryl methyl sites for hydroxylation is 3. The predicted octanol–water partition coefficient (Wildman–Crippen LogP) is 1.97. The Kier molecular flexibility index (Phi) is 3.96. The van der Waals surface area contributed by atoms with Gasteiger partial charge in [0.05, 0.1) is 17.1 Å². The molecular weight excluding hydrogens is 335 g/mol. The minimum Gasteiger partial charge on any atom is -0.396 e. The van der Waals surface area contributed by atoms with Crippen LogP contribution in [-0.2, 0) is 0 Å². The van der Waals surface area contributed by atoms with Crippen molar-refractivity contribution in [2.24, 2.45) is 0 Å². The van der Waals surface area contributed by atoms with Crippen molar-refractivity contribution in [2.75, 3.05) is 0 Å². The smallest absolute Gasteiger partial charge is 0.369 e. The summed E-state index contributed by atoms with van der Waals surface area (Å²) in [6.07, 6.45) is 11.5. The molecule has 0 unspecified atom stereocenters. The lowest BCUT2D eigenvalue weighted by molar-refractivity contribution is 0.732. The summed E-state index contributed by atoms with van der Waals surface area (Å²) in [6.45, 7) is 4.10. The molecule has 0 saturated heterocycles. The molecule has 0 aliphatic rings. The number of hydrogen-bond donors (Lipinski definition) is 0. The molecular formula is C20H20BN6-. The van der Waals surface area contributed by atoms with Crippen LogP contribution in [0.5, 0.6) is 0 Å². The zero-order valence-electron chi connectivity index (χ0n) is 15.6. The number of hydrogen-bond acceptors (Lipinski definition) is 3. The predicted molar refractivity (Wildman–Crippen MR) is 107 cm³/mol. The summed E-state index contributed by atoms with van der Waals surface area (Å²) >= 11 is 0. The molecule has 27 heavy (non-hydrogen) atoms. The number of benzene rings is 1. The van der Waals surface area contributed by atoms with Crippen LogP contribution in [0.15, 0.2) is 61.1 Å². The van der Waals surface area contributed by atoms with Gasteiger partial charge in [-0.1, -0.05) is 18.1 Å². The van der Waals surface area contributed by atoms with E-state index < -0.39 is 6.55 Å². The van der Waals surface area contributed by atoms with Gasteiger partial charge in [0.25, 0.3) is 0 Å². The zero-order chi connectivity index (χ0) is 19.0. The maximum Gasteiger partial charge on any atom is 0.369 e. The zero-order valence-corrected chi connectivity index (χ0v) is 15.6. The van der Waals surface area contributed by atoms with Crippen LogP contribution in [0.25, 0.3) is 0 Å². The van der Waals surface area contributed by atoms with Gasteiger partial charge in [0, 0.05) is 5.56 Å². The van der Waals surface area contributed by atoms with Crippen molar-refractivity contribution in [3.8, 4) is 12.3 Å². The highest BCUT2D eigenvalue weighted by molar-refractivity contribution is 6.87. The van der Waals surface area contributed by atoms with Crippen molar-refractivity contribution in [1.29, 1.82) is 0 Å². The Labute approximate surface area is 158 Å². The third-order valence-electron chi connectivity index (χ3n) is 4.86. The summed E-state index contributed by atoms with van der Waals surface area (Å²) in [4.78, 5) is 0. The lowest BCUT2D eigenvalue weighted by Crippen LogP contribution is -2.68. The van der Waals surface area contributed by atoms with Gasteiger partial charge in [-0.25, -0.2) is 15.3 Å². The van der Waals surface area contributed by atoms with E-state index in [1.54, 1.807) is 0 Å². The van der Waals surface area contributed by atoms with Gasteiger partial charge in [0.2, 0.25) is 0 Å². The normalized spacial score (nSPS) is 11.5. The van der Waals surface area contributed by atoms with Crippen LogP contribution in [0.4, 0.5) is 0 Å². The summed E-state index contributed by atoms with van der Waals surface area (Å²) in [7, 11) is 0. The molecule has 134 valence electrons. The molecule has 7 heteroatoms. The van der Waals surface area contributed by atoms with Crippen molar-refractivity contribution in [3.63, 3.8) is 0 Å². The molecule has 0 atom stereocenters. The second kappa shape index (κ2) is 6.33. The molecule has 1 aromatic carbocycles. The SMILES string of the molecule is C#Cc1ccc([B-](n2ccc(C)n2)(n2ccc(C)n2)n2ccc(C)n2)cc1. The highest BCUT2D eigenvalue weighted by Crippen LogP contribution is 2.15. The highest BCUT2D eigenvalue weighted by atomic mass is 15.5. The first-order chi connectivity index (χ1) is 13.0. The lowest BCUT2D eigenvalue weighted by atomic mass is 9.53. The lowest BCUT2D eigenvalue weighted by Gasteiger charge is -2.42. The first-order valence-corrected chi connectivity index (χ1v) is 8.83. The molecule has 0 amide bonds. The van der Waals surface area contributed by atoms with E-state index in [2.05, 4.69) is 5.92 Å². The molecule has 6 nitrogen and oxygen atoms in total. The van der Waals surface area contributed by atoms with E-state index in [4.69, 9.17) is 21.7 Å². The molecule has 0 bridgehead atoms. The summed E-state index contributed by atoms with van der Waals surface area (Å²) < 4.78 is 5.83. The van der Waals surface area contributed by atoms with E-state index in [-0.39, 0.29) is 0 Å². The second-order valence-electron chi connectivity index (χ2n) is 6.81. The standard InChI is InChI=1S/C20H20BN6/c1-5-19-6-8-20(9-7-19)21(25-13-10-16(2)22-25,26-14-11-17(3)23-26)27-15-12-18(4)24-27/h1,6-15H,2-4H3/q-1. The summed E-state index contributed by atoms with van der Waals surface area (Å²) in [5.74, 6) is 2.68. The van der Waals surface area contributed by atoms with Gasteiger partial charge in [-0.2, -0.15) is 0 Å². The topological polar surface area (TPSA) is 53.5 Å². The van der Waals surface area contributed by atoms with Crippen LogP contribution >= 0.6 is 0 Å².